The second-order valence-corrected chi connectivity index (χ2v) is 7.17. The van der Waals surface area contributed by atoms with Gasteiger partial charge in [0.2, 0.25) is 5.95 Å². The Kier molecular flexibility index (Phi) is 4.22. The van der Waals surface area contributed by atoms with Gasteiger partial charge in [-0.2, -0.15) is 0 Å². The number of sulfone groups is 1. The first-order valence-corrected chi connectivity index (χ1v) is 8.40. The van der Waals surface area contributed by atoms with Crippen molar-refractivity contribution in [2.45, 2.75) is 11.4 Å². The minimum Gasteiger partial charge on any atom is -0.379 e. The summed E-state index contributed by atoms with van der Waals surface area (Å²) in [5.41, 5.74) is 1.79. The van der Waals surface area contributed by atoms with E-state index in [2.05, 4.69) is 10.3 Å². The fourth-order valence-corrected chi connectivity index (χ4v) is 2.71. The molecule has 7 heteroatoms. The van der Waals surface area contributed by atoms with Gasteiger partial charge in [0, 0.05) is 33.1 Å². The summed E-state index contributed by atoms with van der Waals surface area (Å²) < 4.78 is 25.1. The van der Waals surface area contributed by atoms with Gasteiger partial charge in [-0.15, -0.1) is 0 Å². The van der Waals surface area contributed by atoms with Gasteiger partial charge >= 0.3 is 0 Å². The van der Waals surface area contributed by atoms with Crippen LogP contribution in [0.5, 0.6) is 0 Å². The summed E-state index contributed by atoms with van der Waals surface area (Å²) in [4.78, 5) is 6.59. The van der Waals surface area contributed by atoms with Crippen LogP contribution in [0.1, 0.15) is 5.69 Å². The van der Waals surface area contributed by atoms with Crippen molar-refractivity contribution in [2.75, 3.05) is 30.6 Å². The first kappa shape index (κ1) is 15.4. The van der Waals surface area contributed by atoms with E-state index in [0.29, 0.717) is 11.4 Å². The molecule has 0 saturated carbocycles. The number of nitrogens with one attached hydrogen (secondary N) is 1. The summed E-state index contributed by atoms with van der Waals surface area (Å²) >= 11 is 0. The zero-order valence-electron chi connectivity index (χ0n) is 12.7. The lowest BCUT2D eigenvalue weighted by molar-refractivity contribution is 0.602. The Labute approximate surface area is 125 Å². The van der Waals surface area contributed by atoms with Crippen molar-refractivity contribution >= 4 is 21.5 Å². The van der Waals surface area contributed by atoms with Gasteiger partial charge in [-0.3, -0.25) is 0 Å². The van der Waals surface area contributed by atoms with Gasteiger partial charge in [0.1, 0.15) is 0 Å². The summed E-state index contributed by atoms with van der Waals surface area (Å²) in [6.45, 7) is 0.574. The van der Waals surface area contributed by atoms with Gasteiger partial charge in [0.15, 0.2) is 9.84 Å². The number of hydrogen-bond acceptors (Lipinski definition) is 5. The molecule has 0 atom stereocenters. The van der Waals surface area contributed by atoms with Crippen LogP contribution in [0.25, 0.3) is 0 Å². The lowest BCUT2D eigenvalue weighted by Crippen LogP contribution is -2.15. The van der Waals surface area contributed by atoms with Crippen molar-refractivity contribution in [1.29, 1.82) is 0 Å². The zero-order chi connectivity index (χ0) is 15.6. The molecule has 2 aromatic rings. The molecule has 0 spiro atoms. The van der Waals surface area contributed by atoms with E-state index in [9.17, 15) is 8.42 Å². The minimum atomic E-state index is -3.19. The van der Waals surface area contributed by atoms with Crippen molar-refractivity contribution in [3.8, 4) is 0 Å². The smallest absolute Gasteiger partial charge is 0.204 e. The summed E-state index contributed by atoms with van der Waals surface area (Å²) in [6, 6.07) is 6.80. The van der Waals surface area contributed by atoms with E-state index in [0.717, 1.165) is 17.3 Å². The van der Waals surface area contributed by atoms with Crippen LogP contribution in [0.3, 0.4) is 0 Å². The molecule has 0 aliphatic carbocycles. The number of benzene rings is 1. The van der Waals surface area contributed by atoms with Crippen molar-refractivity contribution in [1.82, 2.24) is 9.55 Å². The average Bonchev–Trinajstić information content (AvgIpc) is 2.77. The highest BCUT2D eigenvalue weighted by atomic mass is 32.2. The van der Waals surface area contributed by atoms with Gasteiger partial charge in [-0.25, -0.2) is 13.4 Å². The molecular weight excluding hydrogens is 288 g/mol. The Hall–Kier alpha value is -2.02. The molecule has 6 nitrogen and oxygen atoms in total. The van der Waals surface area contributed by atoms with Gasteiger partial charge in [0.05, 0.1) is 23.3 Å². The number of nitrogens with zero attached hydrogens (tertiary/aromatic N) is 3. The third kappa shape index (κ3) is 3.55. The molecule has 0 fully saturated rings. The maximum atomic E-state index is 11.5. The number of imidazole rings is 1. The molecule has 1 heterocycles. The van der Waals surface area contributed by atoms with E-state index in [1.807, 2.05) is 42.9 Å². The second-order valence-electron chi connectivity index (χ2n) is 5.16. The van der Waals surface area contributed by atoms with Gasteiger partial charge < -0.3 is 14.8 Å². The standard InChI is InChI=1S/C14H20N4O2S/c1-17(2)14-16-10-12(18(14)3)9-15-11-6-5-7-13(8-11)21(4,19)20/h5-8,10,15H,9H2,1-4H3. The highest BCUT2D eigenvalue weighted by Crippen LogP contribution is 2.17. The SMILES string of the molecule is CN(C)c1ncc(CNc2cccc(S(C)(=O)=O)c2)n1C. The molecular formula is C14H20N4O2S. The third-order valence-electron chi connectivity index (χ3n) is 3.20. The van der Waals surface area contributed by atoms with Crippen LogP contribution >= 0.6 is 0 Å². The number of hydrogen-bond donors (Lipinski definition) is 1. The largest absolute Gasteiger partial charge is 0.379 e. The molecule has 0 saturated heterocycles. The Morgan fingerprint density at radius 3 is 2.62 bits per heavy atom. The predicted molar refractivity (Wildman–Crippen MR) is 84.4 cm³/mol. The normalized spacial score (nSPS) is 11.4. The van der Waals surface area contributed by atoms with Gasteiger partial charge in [-0.1, -0.05) is 6.07 Å². The third-order valence-corrected chi connectivity index (χ3v) is 4.31. The fourth-order valence-electron chi connectivity index (χ4n) is 2.04. The molecule has 0 bridgehead atoms. The maximum absolute atomic E-state index is 11.5. The van der Waals surface area contributed by atoms with Crippen molar-refractivity contribution < 1.29 is 8.42 Å². The topological polar surface area (TPSA) is 67.2 Å². The van der Waals surface area contributed by atoms with Crippen LogP contribution in [-0.4, -0.2) is 38.3 Å². The van der Waals surface area contributed by atoms with Crippen molar-refractivity contribution in [3.63, 3.8) is 0 Å². The van der Waals surface area contributed by atoms with E-state index in [-0.39, 0.29) is 0 Å². The monoisotopic (exact) mass is 308 g/mol. The maximum Gasteiger partial charge on any atom is 0.204 e. The first-order chi connectivity index (χ1) is 9.79. The predicted octanol–water partition coefficient (Wildman–Crippen LogP) is 1.50. The van der Waals surface area contributed by atoms with Crippen LogP contribution in [0.4, 0.5) is 11.6 Å². The molecule has 114 valence electrons. The summed E-state index contributed by atoms with van der Waals surface area (Å²) in [7, 11) is 2.64. The summed E-state index contributed by atoms with van der Waals surface area (Å²) in [6.07, 6.45) is 3.01. The van der Waals surface area contributed by atoms with Crippen LogP contribution < -0.4 is 10.2 Å². The molecule has 2 rings (SSSR count). The summed E-state index contributed by atoms with van der Waals surface area (Å²) in [5, 5.41) is 3.22. The molecule has 1 aromatic heterocycles. The lowest BCUT2D eigenvalue weighted by Gasteiger charge is -2.13. The van der Waals surface area contributed by atoms with Crippen molar-refractivity contribution in [2.24, 2.45) is 7.05 Å². The molecule has 0 aliphatic rings. The van der Waals surface area contributed by atoms with E-state index in [1.165, 1.54) is 6.26 Å². The van der Waals surface area contributed by atoms with Gasteiger partial charge in [0.25, 0.3) is 0 Å². The van der Waals surface area contributed by atoms with Crippen LogP contribution in [-0.2, 0) is 23.4 Å². The van der Waals surface area contributed by atoms with Crippen LogP contribution in [0.2, 0.25) is 0 Å². The number of aromatic nitrogens is 2. The average molecular weight is 308 g/mol. The Morgan fingerprint density at radius 1 is 1.33 bits per heavy atom. The number of rotatable bonds is 5. The zero-order valence-corrected chi connectivity index (χ0v) is 13.5. The van der Waals surface area contributed by atoms with E-state index < -0.39 is 9.84 Å². The molecule has 0 amide bonds. The van der Waals surface area contributed by atoms with E-state index in [4.69, 9.17) is 0 Å². The van der Waals surface area contributed by atoms with Crippen LogP contribution in [0, 0.1) is 0 Å². The molecule has 0 unspecified atom stereocenters. The molecule has 1 N–H and O–H groups in total. The molecule has 0 aliphatic heterocycles. The number of anilines is 2. The second kappa shape index (κ2) is 5.77. The van der Waals surface area contributed by atoms with E-state index in [1.54, 1.807) is 18.2 Å². The molecule has 21 heavy (non-hydrogen) atoms. The van der Waals surface area contributed by atoms with Crippen molar-refractivity contribution in [3.05, 3.63) is 36.2 Å². The Morgan fingerprint density at radius 2 is 2.05 bits per heavy atom. The molecule has 0 radical (unpaired) electrons. The van der Waals surface area contributed by atoms with Crippen LogP contribution in [0.15, 0.2) is 35.4 Å². The molecule has 1 aromatic carbocycles. The van der Waals surface area contributed by atoms with E-state index >= 15 is 0 Å². The Bertz CT molecular complexity index is 735. The summed E-state index contributed by atoms with van der Waals surface area (Å²) in [5.74, 6) is 0.872. The first-order valence-electron chi connectivity index (χ1n) is 6.51. The highest BCUT2D eigenvalue weighted by Gasteiger charge is 2.09. The highest BCUT2D eigenvalue weighted by molar-refractivity contribution is 7.90. The minimum absolute atomic E-state index is 0.312. The Balaban J connectivity index is 2.14. The quantitative estimate of drug-likeness (QED) is 0.906. The lowest BCUT2D eigenvalue weighted by atomic mass is 10.3. The fraction of sp³-hybridized carbons (Fsp3) is 0.357. The van der Waals surface area contributed by atoms with Gasteiger partial charge in [-0.05, 0) is 18.2 Å².